The molecule has 0 saturated carbocycles. The summed E-state index contributed by atoms with van der Waals surface area (Å²) in [6, 6.07) is 3.88. The lowest BCUT2D eigenvalue weighted by Gasteiger charge is -2.00. The normalized spacial score (nSPS) is 10.8. The largest absolute Gasteiger partial charge is 0.333 e. The third-order valence-electron chi connectivity index (χ3n) is 2.13. The molecule has 0 unspecified atom stereocenters. The van der Waals surface area contributed by atoms with Gasteiger partial charge in [-0.2, -0.15) is 22.0 Å². The highest BCUT2D eigenvalue weighted by molar-refractivity contribution is 7.98. The first kappa shape index (κ1) is 13.1. The van der Waals surface area contributed by atoms with Gasteiger partial charge in [0.25, 0.3) is 5.89 Å². The van der Waals surface area contributed by atoms with Crippen molar-refractivity contribution in [3.8, 4) is 16.8 Å². The molecule has 0 amide bonds. The summed E-state index contributed by atoms with van der Waals surface area (Å²) in [6.45, 7) is 4.36. The van der Waals surface area contributed by atoms with Gasteiger partial charge in [0.05, 0.1) is 11.3 Å². The molecule has 2 aromatic heterocycles. The smallest absolute Gasteiger partial charge is 0.269 e. The van der Waals surface area contributed by atoms with E-state index in [0.29, 0.717) is 23.2 Å². The zero-order chi connectivity index (χ0) is 13.0. The van der Waals surface area contributed by atoms with Crippen molar-refractivity contribution in [1.29, 1.82) is 5.26 Å². The van der Waals surface area contributed by atoms with Crippen LogP contribution in [0.1, 0.15) is 25.2 Å². The third kappa shape index (κ3) is 3.12. The number of thiophene rings is 1. The van der Waals surface area contributed by atoms with E-state index in [0.717, 1.165) is 16.4 Å². The van der Waals surface area contributed by atoms with Crippen LogP contribution in [0.4, 0.5) is 0 Å². The summed E-state index contributed by atoms with van der Waals surface area (Å²) in [4.78, 5) is 5.07. The third-order valence-corrected chi connectivity index (χ3v) is 4.40. The highest BCUT2D eigenvalue weighted by atomic mass is 32.2. The minimum Gasteiger partial charge on any atom is -0.333 e. The molecule has 18 heavy (non-hydrogen) atoms. The van der Waals surface area contributed by atoms with Gasteiger partial charge < -0.3 is 4.52 Å². The zero-order valence-electron chi connectivity index (χ0n) is 10.2. The van der Waals surface area contributed by atoms with Gasteiger partial charge in [-0.25, -0.2) is 0 Å². The van der Waals surface area contributed by atoms with Crippen LogP contribution in [0.15, 0.2) is 16.0 Å². The Kier molecular flexibility index (Phi) is 4.39. The molecule has 2 heterocycles. The first-order valence-corrected chi connectivity index (χ1v) is 7.62. The van der Waals surface area contributed by atoms with Gasteiger partial charge in [0.1, 0.15) is 10.9 Å². The SMILES string of the molecule is CC(C)CSCc1noc(-c2sccc2C#N)n1. The van der Waals surface area contributed by atoms with Gasteiger partial charge >= 0.3 is 0 Å². The van der Waals surface area contributed by atoms with E-state index in [1.807, 2.05) is 5.38 Å². The van der Waals surface area contributed by atoms with E-state index < -0.39 is 0 Å². The quantitative estimate of drug-likeness (QED) is 0.837. The van der Waals surface area contributed by atoms with Gasteiger partial charge in [0.15, 0.2) is 5.82 Å². The van der Waals surface area contributed by atoms with Crippen LogP contribution in [0.2, 0.25) is 0 Å². The van der Waals surface area contributed by atoms with Crippen LogP contribution < -0.4 is 0 Å². The maximum absolute atomic E-state index is 8.94. The number of rotatable bonds is 5. The summed E-state index contributed by atoms with van der Waals surface area (Å²) in [5.74, 6) is 3.61. The molecule has 0 aromatic carbocycles. The lowest BCUT2D eigenvalue weighted by Crippen LogP contribution is -1.92. The average molecular weight is 279 g/mol. The highest BCUT2D eigenvalue weighted by Gasteiger charge is 2.14. The monoisotopic (exact) mass is 279 g/mol. The van der Waals surface area contributed by atoms with Crippen LogP contribution in [0.25, 0.3) is 10.8 Å². The molecule has 2 rings (SSSR count). The fourth-order valence-electron chi connectivity index (χ4n) is 1.35. The van der Waals surface area contributed by atoms with Gasteiger partial charge in [-0.05, 0) is 23.1 Å². The van der Waals surface area contributed by atoms with Crippen molar-refractivity contribution in [2.24, 2.45) is 5.92 Å². The summed E-state index contributed by atoms with van der Waals surface area (Å²) >= 11 is 3.23. The second kappa shape index (κ2) is 6.03. The van der Waals surface area contributed by atoms with Gasteiger partial charge in [0.2, 0.25) is 0 Å². The molecule has 94 valence electrons. The predicted molar refractivity (Wildman–Crippen MR) is 73.3 cm³/mol. The number of aromatic nitrogens is 2. The van der Waals surface area contributed by atoms with E-state index in [9.17, 15) is 0 Å². The summed E-state index contributed by atoms with van der Waals surface area (Å²) in [5.41, 5.74) is 0.588. The second-order valence-corrected chi connectivity index (χ2v) is 6.15. The summed E-state index contributed by atoms with van der Waals surface area (Å²) in [5, 5.41) is 14.7. The van der Waals surface area contributed by atoms with E-state index in [1.165, 1.54) is 11.3 Å². The Hall–Kier alpha value is -1.32. The summed E-state index contributed by atoms with van der Waals surface area (Å²) < 4.78 is 5.19. The Labute approximate surface area is 114 Å². The van der Waals surface area contributed by atoms with Crippen LogP contribution >= 0.6 is 23.1 Å². The minimum atomic E-state index is 0.446. The highest BCUT2D eigenvalue weighted by Crippen LogP contribution is 2.28. The average Bonchev–Trinajstić information content (AvgIpc) is 2.95. The van der Waals surface area contributed by atoms with Crippen molar-refractivity contribution in [2.75, 3.05) is 5.75 Å². The lowest BCUT2D eigenvalue weighted by molar-refractivity contribution is 0.426. The Morgan fingerprint density at radius 2 is 2.39 bits per heavy atom. The number of nitrogens with zero attached hydrogens (tertiary/aromatic N) is 3. The first-order chi connectivity index (χ1) is 8.70. The molecule has 0 aliphatic carbocycles. The molecule has 0 N–H and O–H groups in total. The van der Waals surface area contributed by atoms with Gasteiger partial charge in [-0.15, -0.1) is 11.3 Å². The first-order valence-electron chi connectivity index (χ1n) is 5.59. The molecule has 6 heteroatoms. The summed E-state index contributed by atoms with van der Waals surface area (Å²) in [7, 11) is 0. The topological polar surface area (TPSA) is 62.7 Å². The van der Waals surface area contributed by atoms with Crippen LogP contribution in [0, 0.1) is 17.2 Å². The van der Waals surface area contributed by atoms with Crippen LogP contribution in [0.3, 0.4) is 0 Å². The minimum absolute atomic E-state index is 0.446. The molecule has 0 aliphatic heterocycles. The van der Waals surface area contributed by atoms with Gasteiger partial charge in [0, 0.05) is 0 Å². The predicted octanol–water partition coefficient (Wildman–Crippen LogP) is 3.56. The molecule has 0 atom stereocenters. The number of hydrogen-bond acceptors (Lipinski definition) is 6. The van der Waals surface area contributed by atoms with E-state index in [2.05, 4.69) is 30.1 Å². The molecular weight excluding hydrogens is 266 g/mol. The van der Waals surface area contributed by atoms with Crippen molar-refractivity contribution in [1.82, 2.24) is 10.1 Å². The standard InChI is InChI=1S/C12H13N3OS2/c1-8(2)6-17-7-10-14-12(16-15-10)11-9(5-13)3-4-18-11/h3-4,8H,6-7H2,1-2H3. The molecule has 0 radical (unpaired) electrons. The van der Waals surface area contributed by atoms with E-state index >= 15 is 0 Å². The van der Waals surface area contributed by atoms with Gasteiger partial charge in [-0.3, -0.25) is 0 Å². The van der Waals surface area contributed by atoms with Crippen molar-refractivity contribution in [3.05, 3.63) is 22.8 Å². The lowest BCUT2D eigenvalue weighted by atomic mass is 10.3. The van der Waals surface area contributed by atoms with E-state index in [-0.39, 0.29) is 0 Å². The molecule has 0 bridgehead atoms. The van der Waals surface area contributed by atoms with Crippen molar-refractivity contribution in [2.45, 2.75) is 19.6 Å². The number of nitriles is 1. The Morgan fingerprint density at radius 1 is 1.56 bits per heavy atom. The molecular formula is C12H13N3OS2. The molecule has 0 saturated heterocycles. The Morgan fingerprint density at radius 3 is 3.11 bits per heavy atom. The molecule has 2 aromatic rings. The maximum Gasteiger partial charge on any atom is 0.269 e. The zero-order valence-corrected chi connectivity index (χ0v) is 11.8. The Balaban J connectivity index is 2.05. The molecule has 0 fully saturated rings. The van der Waals surface area contributed by atoms with Crippen molar-refractivity contribution < 1.29 is 4.52 Å². The van der Waals surface area contributed by atoms with Gasteiger partial charge in [-0.1, -0.05) is 19.0 Å². The van der Waals surface area contributed by atoms with Crippen molar-refractivity contribution >= 4 is 23.1 Å². The fraction of sp³-hybridized carbons (Fsp3) is 0.417. The number of hydrogen-bond donors (Lipinski definition) is 0. The Bertz CT molecular complexity index is 554. The van der Waals surface area contributed by atoms with E-state index in [1.54, 1.807) is 17.8 Å². The fourth-order valence-corrected chi connectivity index (χ4v) is 3.01. The van der Waals surface area contributed by atoms with Crippen LogP contribution in [0.5, 0.6) is 0 Å². The summed E-state index contributed by atoms with van der Waals surface area (Å²) in [6.07, 6.45) is 0. The molecule has 0 aliphatic rings. The second-order valence-electron chi connectivity index (χ2n) is 4.20. The molecule has 0 spiro atoms. The van der Waals surface area contributed by atoms with Crippen LogP contribution in [-0.4, -0.2) is 15.9 Å². The maximum atomic E-state index is 8.94. The molecule has 4 nitrogen and oxygen atoms in total. The van der Waals surface area contributed by atoms with E-state index in [4.69, 9.17) is 9.78 Å². The van der Waals surface area contributed by atoms with Crippen molar-refractivity contribution in [3.63, 3.8) is 0 Å². The van der Waals surface area contributed by atoms with Crippen LogP contribution in [-0.2, 0) is 5.75 Å². The number of thioether (sulfide) groups is 1.